The molecule has 6 N–H and O–H groups in total. The molecule has 3 atom stereocenters. The van der Waals surface area contributed by atoms with E-state index in [1.54, 1.807) is 0 Å². The zero-order valence-electron chi connectivity index (χ0n) is 14.6. The topological polar surface area (TPSA) is 199 Å². The first-order valence-electron chi connectivity index (χ1n) is 8.16. The van der Waals surface area contributed by atoms with Gasteiger partial charge >= 0.3 is 17.9 Å². The van der Waals surface area contributed by atoms with Crippen LogP contribution in [-0.4, -0.2) is 69.1 Å². The van der Waals surface area contributed by atoms with Crippen LogP contribution in [0.3, 0.4) is 0 Å². The van der Waals surface area contributed by atoms with E-state index in [1.807, 2.05) is 0 Å². The molecule has 0 spiro atoms. The fourth-order valence-electron chi connectivity index (χ4n) is 2.40. The summed E-state index contributed by atoms with van der Waals surface area (Å²) in [6, 6.07) is -1.92. The molecule has 3 aliphatic heterocycles. The van der Waals surface area contributed by atoms with Crippen molar-refractivity contribution in [2.45, 2.75) is 56.7 Å². The molecule has 12 nitrogen and oxygen atoms in total. The Balaban J connectivity index is 0.000000384. The van der Waals surface area contributed by atoms with Gasteiger partial charge in [0.1, 0.15) is 18.1 Å². The van der Waals surface area contributed by atoms with Gasteiger partial charge in [-0.25, -0.2) is 14.4 Å². The number of carbonyl (C=O) groups is 6. The van der Waals surface area contributed by atoms with Gasteiger partial charge in [0.2, 0.25) is 17.7 Å². The van der Waals surface area contributed by atoms with Crippen LogP contribution in [0.1, 0.15) is 38.5 Å². The molecule has 0 aliphatic carbocycles. The maximum atomic E-state index is 10.4. The quantitative estimate of drug-likeness (QED) is 0.229. The molecule has 28 heavy (non-hydrogen) atoms. The number of rotatable bonds is 3. The van der Waals surface area contributed by atoms with E-state index in [2.05, 4.69) is 16.0 Å². The molecule has 0 aromatic carbocycles. The van der Waals surface area contributed by atoms with E-state index in [0.29, 0.717) is 38.5 Å². The number of carboxylic acids is 3. The van der Waals surface area contributed by atoms with Crippen LogP contribution in [0.5, 0.6) is 0 Å². The Hall–Kier alpha value is -1.93. The van der Waals surface area contributed by atoms with Crippen LogP contribution >= 0.6 is 0 Å². The summed E-state index contributed by atoms with van der Waals surface area (Å²) in [4.78, 5) is 61.5. The third-order valence-corrected chi connectivity index (χ3v) is 3.88. The monoisotopic (exact) mass is 553 g/mol. The standard InChI is InChI=1S/3C5H7NO3.Er/c3*7-4-2-1-3(6-4)5(8)9;/h3*3H,1-2H2,(H,6,7)(H,8,9);/t3*3-;/m000./s1. The molecule has 0 aromatic heterocycles. The molecule has 3 fully saturated rings. The summed E-state index contributed by atoms with van der Waals surface area (Å²) in [5.74, 6) is -3.32. The van der Waals surface area contributed by atoms with Crippen molar-refractivity contribution in [2.75, 3.05) is 0 Å². The summed E-state index contributed by atoms with van der Waals surface area (Å²) in [6.45, 7) is 0. The van der Waals surface area contributed by atoms with Crippen molar-refractivity contribution >= 4 is 35.6 Å². The van der Waals surface area contributed by atoms with Gasteiger partial charge in [-0.05, 0) is 19.3 Å². The molecule has 3 rings (SSSR count). The predicted molar refractivity (Wildman–Crippen MR) is 86.4 cm³/mol. The number of nitrogens with one attached hydrogen (secondary N) is 3. The van der Waals surface area contributed by atoms with Crippen LogP contribution in [0.25, 0.3) is 0 Å². The summed E-state index contributed by atoms with van der Waals surface area (Å²) in [7, 11) is 0. The number of hydrogen-bond acceptors (Lipinski definition) is 6. The second kappa shape index (κ2) is 12.5. The van der Waals surface area contributed by atoms with E-state index in [0.717, 1.165) is 0 Å². The maximum Gasteiger partial charge on any atom is 0.326 e. The molecule has 3 saturated heterocycles. The molecule has 3 amide bonds. The van der Waals surface area contributed by atoms with Gasteiger partial charge < -0.3 is 31.3 Å². The summed E-state index contributed by atoms with van der Waals surface area (Å²) >= 11 is 0. The maximum absolute atomic E-state index is 10.4. The summed E-state index contributed by atoms with van der Waals surface area (Å²) in [5, 5.41) is 31.9. The normalized spacial score (nSPS) is 24.9. The van der Waals surface area contributed by atoms with Crippen LogP contribution in [0, 0.1) is 37.3 Å². The van der Waals surface area contributed by atoms with Crippen molar-refractivity contribution in [3.63, 3.8) is 0 Å². The Kier molecular flexibility index (Phi) is 11.6. The Morgan fingerprint density at radius 2 is 0.821 bits per heavy atom. The number of hydrogen-bond donors (Lipinski definition) is 6. The fourth-order valence-corrected chi connectivity index (χ4v) is 2.40. The second-order valence-corrected chi connectivity index (χ2v) is 5.99. The van der Waals surface area contributed by atoms with Gasteiger partial charge in [-0.15, -0.1) is 0 Å². The first kappa shape index (κ1) is 26.1. The van der Waals surface area contributed by atoms with E-state index < -0.39 is 36.0 Å². The second-order valence-electron chi connectivity index (χ2n) is 5.99. The van der Waals surface area contributed by atoms with E-state index in [9.17, 15) is 28.8 Å². The Bertz CT molecular complexity index is 555. The largest absolute Gasteiger partial charge is 0.480 e. The van der Waals surface area contributed by atoms with Crippen LogP contribution in [0.2, 0.25) is 0 Å². The van der Waals surface area contributed by atoms with Crippen molar-refractivity contribution in [3.05, 3.63) is 0 Å². The Labute approximate surface area is 189 Å². The number of carboxylic acid groups (broad SMARTS) is 3. The minimum absolute atomic E-state index is 0. The van der Waals surface area contributed by atoms with Gasteiger partial charge in [0, 0.05) is 56.6 Å². The van der Waals surface area contributed by atoms with Crippen molar-refractivity contribution in [1.82, 2.24) is 16.0 Å². The first-order valence-corrected chi connectivity index (χ1v) is 8.16. The minimum atomic E-state index is -0.944. The number of aliphatic carboxylic acids is 3. The third kappa shape index (κ3) is 9.32. The van der Waals surface area contributed by atoms with E-state index in [4.69, 9.17) is 15.3 Å². The fraction of sp³-hybridized carbons (Fsp3) is 0.600. The third-order valence-electron chi connectivity index (χ3n) is 3.88. The summed E-state index contributed by atoms with van der Waals surface area (Å²) < 4.78 is 0. The molecule has 13 heteroatoms. The van der Waals surface area contributed by atoms with Gasteiger partial charge in [-0.3, -0.25) is 14.4 Å². The zero-order valence-corrected chi connectivity index (χ0v) is 16.4. The molecule has 3 heterocycles. The Morgan fingerprint density at radius 3 is 0.893 bits per heavy atom. The molecule has 0 unspecified atom stereocenters. The SMILES string of the molecule is O=C1CC[C@@H](C(=O)O)N1.O=C1CC[C@@H](C(=O)O)N1.O=C1CC[C@@H](C(=O)O)N1.[Er]. The first-order chi connectivity index (χ1) is 12.6. The molecule has 162 valence electrons. The molecule has 0 saturated carbocycles. The van der Waals surface area contributed by atoms with Crippen molar-refractivity contribution in [3.8, 4) is 0 Å². The van der Waals surface area contributed by atoms with Gasteiger partial charge in [-0.1, -0.05) is 0 Å². The van der Waals surface area contributed by atoms with E-state index in [-0.39, 0.29) is 55.0 Å². The zero-order chi connectivity index (χ0) is 20.6. The number of amides is 3. The average Bonchev–Trinajstić information content (AvgIpc) is 3.30. The van der Waals surface area contributed by atoms with Crippen LogP contribution < -0.4 is 16.0 Å². The van der Waals surface area contributed by atoms with Crippen molar-refractivity contribution in [1.29, 1.82) is 0 Å². The van der Waals surface area contributed by atoms with Crippen molar-refractivity contribution < 1.29 is 81.4 Å². The van der Waals surface area contributed by atoms with Crippen LogP contribution in [0.4, 0.5) is 0 Å². The van der Waals surface area contributed by atoms with Crippen LogP contribution in [0.15, 0.2) is 0 Å². The average molecular weight is 555 g/mol. The molecule has 0 bridgehead atoms. The van der Waals surface area contributed by atoms with Crippen LogP contribution in [-0.2, 0) is 28.8 Å². The number of carbonyl (C=O) groups excluding carboxylic acids is 3. The predicted octanol–water partition coefficient (Wildman–Crippen LogP) is -1.95. The van der Waals surface area contributed by atoms with Gasteiger partial charge in [0.05, 0.1) is 0 Å². The Morgan fingerprint density at radius 1 is 0.607 bits per heavy atom. The van der Waals surface area contributed by atoms with Gasteiger partial charge in [0.25, 0.3) is 0 Å². The van der Waals surface area contributed by atoms with Crippen molar-refractivity contribution in [2.24, 2.45) is 0 Å². The summed E-state index contributed by atoms with van der Waals surface area (Å²) in [5.41, 5.74) is 0. The molecule has 0 aromatic rings. The summed E-state index contributed by atoms with van der Waals surface area (Å²) in [6.07, 6.45) is 2.31. The molecular weight excluding hydrogens is 533 g/mol. The van der Waals surface area contributed by atoms with Gasteiger partial charge in [-0.2, -0.15) is 0 Å². The molecular formula is C15H21ErN3O9. The van der Waals surface area contributed by atoms with E-state index in [1.165, 1.54) is 0 Å². The molecule has 0 radical (unpaired) electrons. The molecule has 3 aliphatic rings. The van der Waals surface area contributed by atoms with Gasteiger partial charge in [0.15, 0.2) is 0 Å². The minimum Gasteiger partial charge on any atom is -0.480 e. The van der Waals surface area contributed by atoms with E-state index >= 15 is 0 Å². The smallest absolute Gasteiger partial charge is 0.326 e.